The van der Waals surface area contributed by atoms with Crippen molar-refractivity contribution in [3.8, 4) is 0 Å². The van der Waals surface area contributed by atoms with Crippen molar-refractivity contribution >= 4 is 22.6 Å². The molecule has 0 spiro atoms. The van der Waals surface area contributed by atoms with Gasteiger partial charge in [-0.2, -0.15) is 0 Å². The summed E-state index contributed by atoms with van der Waals surface area (Å²) in [5.74, 6) is 0. The number of alkyl halides is 1. The fourth-order valence-corrected chi connectivity index (χ4v) is 1.94. The van der Waals surface area contributed by atoms with Crippen molar-refractivity contribution in [2.24, 2.45) is 0 Å². The van der Waals surface area contributed by atoms with Crippen LogP contribution in [0.3, 0.4) is 0 Å². The average Bonchev–Trinajstić information content (AvgIpc) is 2.20. The molecule has 0 saturated heterocycles. The van der Waals surface area contributed by atoms with Gasteiger partial charge >= 0.3 is 0 Å². The third kappa shape index (κ3) is 2.93. The molecule has 0 amide bonds. The van der Waals surface area contributed by atoms with Crippen LogP contribution in [0.5, 0.6) is 0 Å². The number of aliphatic hydroxyl groups excluding tert-OH is 1. The zero-order valence-corrected chi connectivity index (χ0v) is 9.64. The van der Waals surface area contributed by atoms with Gasteiger partial charge in [0.15, 0.2) is 0 Å². The maximum absolute atomic E-state index is 9.01. The fourth-order valence-electron chi connectivity index (χ4n) is 1.23. The molecule has 0 aliphatic heterocycles. The molecule has 0 radical (unpaired) electrons. The van der Waals surface area contributed by atoms with Crippen LogP contribution in [0.2, 0.25) is 0 Å². The van der Waals surface area contributed by atoms with E-state index in [9.17, 15) is 0 Å². The first kappa shape index (κ1) is 10.9. The second-order valence-electron chi connectivity index (χ2n) is 2.77. The largest absolute Gasteiger partial charge is 0.395 e. The van der Waals surface area contributed by atoms with Crippen molar-refractivity contribution in [2.75, 3.05) is 13.7 Å². The second-order valence-corrected chi connectivity index (χ2v) is 4.37. The van der Waals surface area contributed by atoms with Crippen molar-refractivity contribution in [1.29, 1.82) is 0 Å². The van der Waals surface area contributed by atoms with Crippen LogP contribution in [0.4, 0.5) is 0 Å². The average molecular weight is 292 g/mol. The summed E-state index contributed by atoms with van der Waals surface area (Å²) in [5.41, 5.74) is 1.11. The lowest BCUT2D eigenvalue weighted by Crippen LogP contribution is -2.17. The SMILES string of the molecule is CO[C@@H](c1ccccc1)[C@H](I)CO. The van der Waals surface area contributed by atoms with Crippen molar-refractivity contribution in [3.63, 3.8) is 0 Å². The highest BCUT2D eigenvalue weighted by atomic mass is 127. The highest BCUT2D eigenvalue weighted by Crippen LogP contribution is 2.25. The summed E-state index contributed by atoms with van der Waals surface area (Å²) in [4.78, 5) is 0. The van der Waals surface area contributed by atoms with E-state index in [1.165, 1.54) is 0 Å². The van der Waals surface area contributed by atoms with E-state index in [0.29, 0.717) is 0 Å². The smallest absolute Gasteiger partial charge is 0.0960 e. The zero-order valence-electron chi connectivity index (χ0n) is 7.48. The summed E-state index contributed by atoms with van der Waals surface area (Å²) >= 11 is 2.20. The Morgan fingerprint density at radius 3 is 2.46 bits per heavy atom. The van der Waals surface area contributed by atoms with E-state index < -0.39 is 0 Å². The number of hydrogen-bond acceptors (Lipinski definition) is 2. The Hall–Kier alpha value is -0.130. The maximum atomic E-state index is 9.01. The summed E-state index contributed by atoms with van der Waals surface area (Å²) in [5, 5.41) is 9.01. The molecule has 1 aromatic carbocycles. The van der Waals surface area contributed by atoms with Crippen LogP contribution in [0.15, 0.2) is 30.3 Å². The molecule has 0 bridgehead atoms. The van der Waals surface area contributed by atoms with E-state index >= 15 is 0 Å². The van der Waals surface area contributed by atoms with Gasteiger partial charge in [0, 0.05) is 7.11 Å². The van der Waals surface area contributed by atoms with Gasteiger partial charge in [0.25, 0.3) is 0 Å². The van der Waals surface area contributed by atoms with E-state index in [1.54, 1.807) is 7.11 Å². The highest BCUT2D eigenvalue weighted by Gasteiger charge is 2.18. The third-order valence-corrected chi connectivity index (χ3v) is 2.93. The molecule has 0 unspecified atom stereocenters. The van der Waals surface area contributed by atoms with Crippen LogP contribution < -0.4 is 0 Å². The molecule has 2 atom stereocenters. The van der Waals surface area contributed by atoms with E-state index in [1.807, 2.05) is 30.3 Å². The number of methoxy groups -OCH3 is 1. The Morgan fingerprint density at radius 1 is 1.38 bits per heavy atom. The van der Waals surface area contributed by atoms with Gasteiger partial charge < -0.3 is 9.84 Å². The number of hydrogen-bond donors (Lipinski definition) is 1. The molecule has 0 aliphatic rings. The molecule has 72 valence electrons. The van der Waals surface area contributed by atoms with Crippen LogP contribution in [-0.4, -0.2) is 22.7 Å². The molecule has 13 heavy (non-hydrogen) atoms. The first-order chi connectivity index (χ1) is 6.29. The molecule has 1 N–H and O–H groups in total. The Bertz CT molecular complexity index is 238. The van der Waals surface area contributed by atoms with E-state index in [2.05, 4.69) is 22.6 Å². The zero-order chi connectivity index (χ0) is 9.68. The normalized spacial score (nSPS) is 15.3. The van der Waals surface area contributed by atoms with Crippen molar-refractivity contribution in [1.82, 2.24) is 0 Å². The van der Waals surface area contributed by atoms with Crippen LogP contribution >= 0.6 is 22.6 Å². The van der Waals surface area contributed by atoms with E-state index in [0.717, 1.165) is 5.56 Å². The Morgan fingerprint density at radius 2 is 2.00 bits per heavy atom. The van der Waals surface area contributed by atoms with Gasteiger partial charge in [-0.1, -0.05) is 52.9 Å². The van der Waals surface area contributed by atoms with Crippen molar-refractivity contribution < 1.29 is 9.84 Å². The van der Waals surface area contributed by atoms with Gasteiger partial charge in [-0.3, -0.25) is 0 Å². The fraction of sp³-hybridized carbons (Fsp3) is 0.400. The lowest BCUT2D eigenvalue weighted by atomic mass is 10.1. The molecule has 0 fully saturated rings. The topological polar surface area (TPSA) is 29.5 Å². The molecule has 3 heteroatoms. The number of benzene rings is 1. The summed E-state index contributed by atoms with van der Waals surface area (Å²) in [6.07, 6.45) is -0.0215. The first-order valence-electron chi connectivity index (χ1n) is 4.12. The summed E-state index contributed by atoms with van der Waals surface area (Å²) < 4.78 is 5.42. The van der Waals surface area contributed by atoms with Crippen LogP contribution in [0.1, 0.15) is 11.7 Å². The van der Waals surface area contributed by atoms with Crippen LogP contribution in [0.25, 0.3) is 0 Å². The standard InChI is InChI=1S/C10H13IO2/c1-13-10(9(11)7-12)8-5-3-2-4-6-8/h2-6,9-10,12H,7H2,1H3/t9-,10+/m1/s1. The van der Waals surface area contributed by atoms with Gasteiger partial charge in [-0.15, -0.1) is 0 Å². The van der Waals surface area contributed by atoms with Gasteiger partial charge in [-0.05, 0) is 5.56 Å². The third-order valence-electron chi connectivity index (χ3n) is 1.88. The van der Waals surface area contributed by atoms with Crippen LogP contribution in [-0.2, 0) is 4.74 Å². The molecule has 1 rings (SSSR count). The Kier molecular flexibility index (Phi) is 4.69. The number of ether oxygens (including phenoxy) is 1. The van der Waals surface area contributed by atoms with Gasteiger partial charge in [0.1, 0.15) is 0 Å². The Labute approximate surface area is 92.1 Å². The summed E-state index contributed by atoms with van der Waals surface area (Å²) in [7, 11) is 1.67. The molecule has 2 nitrogen and oxygen atoms in total. The molecule has 0 aliphatic carbocycles. The molecular formula is C10H13IO2. The number of halogens is 1. The highest BCUT2D eigenvalue weighted by molar-refractivity contribution is 14.1. The van der Waals surface area contributed by atoms with Gasteiger partial charge in [0.05, 0.1) is 16.6 Å². The van der Waals surface area contributed by atoms with Crippen molar-refractivity contribution in [2.45, 2.75) is 10.0 Å². The number of aliphatic hydroxyl groups is 1. The maximum Gasteiger partial charge on any atom is 0.0960 e. The van der Waals surface area contributed by atoms with Crippen LogP contribution in [0, 0.1) is 0 Å². The lowest BCUT2D eigenvalue weighted by molar-refractivity contribution is 0.0880. The van der Waals surface area contributed by atoms with Gasteiger partial charge in [0.2, 0.25) is 0 Å². The Balaban J connectivity index is 2.78. The van der Waals surface area contributed by atoms with Crippen molar-refractivity contribution in [3.05, 3.63) is 35.9 Å². The minimum absolute atomic E-state index is 0.0215. The van der Waals surface area contributed by atoms with E-state index in [-0.39, 0.29) is 16.6 Å². The quantitative estimate of drug-likeness (QED) is 0.681. The first-order valence-corrected chi connectivity index (χ1v) is 5.36. The minimum atomic E-state index is -0.0215. The molecule has 0 aromatic heterocycles. The predicted octanol–water partition coefficient (Wildman–Crippen LogP) is 2.17. The van der Waals surface area contributed by atoms with Gasteiger partial charge in [-0.25, -0.2) is 0 Å². The molecular weight excluding hydrogens is 279 g/mol. The summed E-state index contributed by atoms with van der Waals surface area (Å²) in [6, 6.07) is 9.94. The molecule has 1 aromatic rings. The second kappa shape index (κ2) is 5.57. The van der Waals surface area contributed by atoms with E-state index in [4.69, 9.17) is 9.84 Å². The monoisotopic (exact) mass is 292 g/mol. The lowest BCUT2D eigenvalue weighted by Gasteiger charge is -2.19. The summed E-state index contributed by atoms with van der Waals surface area (Å²) in [6.45, 7) is 0.133. The number of rotatable bonds is 4. The predicted molar refractivity (Wildman–Crippen MR) is 61.1 cm³/mol. The molecule has 0 heterocycles. The molecule has 0 saturated carbocycles. The minimum Gasteiger partial charge on any atom is -0.395 e.